The standard InChI is InChI=1S/C17H18Cl2N2O4S/c1-10(2)9-20-26(24,25)16-7-11(12(18)8-13(16)19)17(23)21-14-5-3-4-6-15(14)22/h3-8,10,20,22H,9H2,1-2H3,(H,21,23). The summed E-state index contributed by atoms with van der Waals surface area (Å²) in [7, 11) is -3.91. The number of para-hydroxylation sites is 2. The number of anilines is 1. The minimum Gasteiger partial charge on any atom is -0.506 e. The van der Waals surface area contributed by atoms with Crippen molar-refractivity contribution in [2.45, 2.75) is 18.7 Å². The number of carbonyl (C=O) groups excluding carboxylic acids is 1. The molecule has 2 aromatic rings. The van der Waals surface area contributed by atoms with Crippen LogP contribution in [0.4, 0.5) is 5.69 Å². The molecular weight excluding hydrogens is 399 g/mol. The fourth-order valence-corrected chi connectivity index (χ4v) is 4.10. The maximum Gasteiger partial charge on any atom is 0.257 e. The molecule has 0 radical (unpaired) electrons. The van der Waals surface area contributed by atoms with Gasteiger partial charge in [0.25, 0.3) is 5.91 Å². The molecule has 0 aliphatic carbocycles. The van der Waals surface area contributed by atoms with Crippen LogP contribution in [-0.2, 0) is 10.0 Å². The zero-order valence-corrected chi connectivity index (χ0v) is 16.4. The Balaban J connectivity index is 2.38. The lowest BCUT2D eigenvalue weighted by molar-refractivity contribution is 0.102. The molecule has 0 aliphatic rings. The van der Waals surface area contributed by atoms with Gasteiger partial charge in [0.15, 0.2) is 0 Å². The lowest BCUT2D eigenvalue weighted by Crippen LogP contribution is -2.28. The molecule has 9 heteroatoms. The Labute approximate surface area is 162 Å². The highest BCUT2D eigenvalue weighted by atomic mass is 35.5. The predicted octanol–water partition coefficient (Wildman–Crippen LogP) is 3.89. The second-order valence-corrected chi connectivity index (χ2v) is 8.53. The van der Waals surface area contributed by atoms with E-state index in [0.717, 1.165) is 6.07 Å². The first-order chi connectivity index (χ1) is 12.1. The summed E-state index contributed by atoms with van der Waals surface area (Å²) >= 11 is 12.1. The predicted molar refractivity (Wildman–Crippen MR) is 103 cm³/mol. The van der Waals surface area contributed by atoms with Crippen LogP contribution in [-0.4, -0.2) is 26.0 Å². The quantitative estimate of drug-likeness (QED) is 0.622. The first-order valence-corrected chi connectivity index (χ1v) is 9.93. The molecule has 0 spiro atoms. The number of nitrogens with one attached hydrogen (secondary N) is 2. The van der Waals surface area contributed by atoms with E-state index in [0.29, 0.717) is 0 Å². The van der Waals surface area contributed by atoms with Gasteiger partial charge in [-0.2, -0.15) is 0 Å². The Morgan fingerprint density at radius 2 is 1.81 bits per heavy atom. The van der Waals surface area contributed by atoms with E-state index < -0.39 is 15.9 Å². The van der Waals surface area contributed by atoms with Gasteiger partial charge in [0.1, 0.15) is 10.6 Å². The van der Waals surface area contributed by atoms with Gasteiger partial charge in [-0.25, -0.2) is 13.1 Å². The molecule has 0 bridgehead atoms. The Morgan fingerprint density at radius 1 is 1.15 bits per heavy atom. The molecular formula is C17H18Cl2N2O4S. The molecule has 1 amide bonds. The number of halogens is 2. The number of sulfonamides is 1. The largest absolute Gasteiger partial charge is 0.506 e. The average Bonchev–Trinajstić information content (AvgIpc) is 2.55. The maximum atomic E-state index is 12.5. The summed E-state index contributed by atoms with van der Waals surface area (Å²) in [5, 5.41) is 12.1. The van der Waals surface area contributed by atoms with E-state index in [1.807, 2.05) is 13.8 Å². The molecule has 0 atom stereocenters. The summed E-state index contributed by atoms with van der Waals surface area (Å²) in [4.78, 5) is 12.2. The van der Waals surface area contributed by atoms with Crippen molar-refractivity contribution in [1.29, 1.82) is 0 Å². The summed E-state index contributed by atoms with van der Waals surface area (Å²) in [6.45, 7) is 3.94. The van der Waals surface area contributed by atoms with Crippen molar-refractivity contribution in [2.24, 2.45) is 5.92 Å². The SMILES string of the molecule is CC(C)CNS(=O)(=O)c1cc(C(=O)Nc2ccccc2O)c(Cl)cc1Cl. The van der Waals surface area contributed by atoms with Crippen LogP contribution in [0.2, 0.25) is 10.0 Å². The molecule has 140 valence electrons. The van der Waals surface area contributed by atoms with E-state index in [1.165, 1.54) is 18.2 Å². The third-order valence-electron chi connectivity index (χ3n) is 3.39. The first-order valence-electron chi connectivity index (χ1n) is 7.70. The second kappa shape index (κ2) is 8.26. The molecule has 26 heavy (non-hydrogen) atoms. The van der Waals surface area contributed by atoms with E-state index in [1.54, 1.807) is 12.1 Å². The molecule has 6 nitrogen and oxygen atoms in total. The van der Waals surface area contributed by atoms with Crippen LogP contribution >= 0.6 is 23.2 Å². The smallest absolute Gasteiger partial charge is 0.257 e. The van der Waals surface area contributed by atoms with Gasteiger partial charge < -0.3 is 10.4 Å². The van der Waals surface area contributed by atoms with Crippen molar-refractivity contribution in [3.8, 4) is 5.75 Å². The highest BCUT2D eigenvalue weighted by Gasteiger charge is 2.23. The molecule has 0 heterocycles. The zero-order valence-electron chi connectivity index (χ0n) is 14.1. The van der Waals surface area contributed by atoms with E-state index in [-0.39, 0.29) is 44.4 Å². The van der Waals surface area contributed by atoms with Crippen LogP contribution in [0.3, 0.4) is 0 Å². The van der Waals surface area contributed by atoms with E-state index in [4.69, 9.17) is 23.2 Å². The Bertz CT molecular complexity index is 930. The molecule has 2 rings (SSSR count). The van der Waals surface area contributed by atoms with Crippen molar-refractivity contribution < 1.29 is 18.3 Å². The van der Waals surface area contributed by atoms with Crippen LogP contribution < -0.4 is 10.0 Å². The van der Waals surface area contributed by atoms with Crippen LogP contribution in [0.25, 0.3) is 0 Å². The minimum absolute atomic E-state index is 0.00858. The van der Waals surface area contributed by atoms with Gasteiger partial charge in [0, 0.05) is 6.54 Å². The molecule has 0 aliphatic heterocycles. The molecule has 3 N–H and O–H groups in total. The highest BCUT2D eigenvalue weighted by Crippen LogP contribution is 2.30. The molecule has 0 aromatic heterocycles. The Hall–Kier alpha value is -1.80. The molecule has 0 saturated heterocycles. The van der Waals surface area contributed by atoms with Gasteiger partial charge in [-0.1, -0.05) is 49.2 Å². The summed E-state index contributed by atoms with van der Waals surface area (Å²) in [5.41, 5.74) is 0.0927. The summed E-state index contributed by atoms with van der Waals surface area (Å²) in [6.07, 6.45) is 0. The minimum atomic E-state index is -3.91. The van der Waals surface area contributed by atoms with Gasteiger partial charge in [0.2, 0.25) is 10.0 Å². The maximum absolute atomic E-state index is 12.5. The zero-order chi connectivity index (χ0) is 19.5. The number of amides is 1. The molecule has 0 fully saturated rings. The number of rotatable bonds is 6. The van der Waals surface area contributed by atoms with Crippen LogP contribution in [0.1, 0.15) is 24.2 Å². The van der Waals surface area contributed by atoms with Crippen molar-refractivity contribution >= 4 is 44.8 Å². The van der Waals surface area contributed by atoms with Gasteiger partial charge >= 0.3 is 0 Å². The lowest BCUT2D eigenvalue weighted by Gasteiger charge is -2.13. The van der Waals surface area contributed by atoms with Gasteiger partial charge in [-0.15, -0.1) is 0 Å². The number of hydrogen-bond acceptors (Lipinski definition) is 4. The third-order valence-corrected chi connectivity index (χ3v) is 5.59. The van der Waals surface area contributed by atoms with Gasteiger partial charge in [0.05, 0.1) is 21.3 Å². The van der Waals surface area contributed by atoms with Crippen LogP contribution in [0.5, 0.6) is 5.75 Å². The van der Waals surface area contributed by atoms with Gasteiger partial charge in [-0.3, -0.25) is 4.79 Å². The van der Waals surface area contributed by atoms with Gasteiger partial charge in [-0.05, 0) is 30.2 Å². The average molecular weight is 417 g/mol. The summed E-state index contributed by atoms with van der Waals surface area (Å²) in [6, 6.07) is 8.45. The molecule has 0 unspecified atom stereocenters. The van der Waals surface area contributed by atoms with E-state index >= 15 is 0 Å². The highest BCUT2D eigenvalue weighted by molar-refractivity contribution is 7.89. The number of phenolic OH excluding ortho intramolecular Hbond substituents is 1. The van der Waals surface area contributed by atoms with Crippen LogP contribution in [0, 0.1) is 5.92 Å². The summed E-state index contributed by atoms with van der Waals surface area (Å²) in [5.74, 6) is -0.703. The number of hydrogen-bond donors (Lipinski definition) is 3. The topological polar surface area (TPSA) is 95.5 Å². The normalized spacial score (nSPS) is 11.6. The molecule has 0 saturated carbocycles. The number of aromatic hydroxyl groups is 1. The number of phenols is 1. The lowest BCUT2D eigenvalue weighted by atomic mass is 10.2. The number of benzene rings is 2. The fraction of sp³-hybridized carbons (Fsp3) is 0.235. The fourth-order valence-electron chi connectivity index (χ4n) is 2.03. The van der Waals surface area contributed by atoms with Crippen molar-refractivity contribution in [1.82, 2.24) is 4.72 Å². The van der Waals surface area contributed by atoms with Crippen LogP contribution in [0.15, 0.2) is 41.3 Å². The second-order valence-electron chi connectivity index (χ2n) is 5.98. The Kier molecular flexibility index (Phi) is 6.52. The number of carbonyl (C=O) groups is 1. The summed E-state index contributed by atoms with van der Waals surface area (Å²) < 4.78 is 27.3. The van der Waals surface area contributed by atoms with Crippen molar-refractivity contribution in [3.05, 3.63) is 52.0 Å². The van der Waals surface area contributed by atoms with E-state index in [9.17, 15) is 18.3 Å². The first kappa shape index (κ1) is 20.5. The third kappa shape index (κ3) is 4.88. The Morgan fingerprint density at radius 3 is 2.42 bits per heavy atom. The van der Waals surface area contributed by atoms with E-state index in [2.05, 4.69) is 10.0 Å². The molecule has 2 aromatic carbocycles. The monoisotopic (exact) mass is 416 g/mol. The van der Waals surface area contributed by atoms with Crippen molar-refractivity contribution in [2.75, 3.05) is 11.9 Å². The van der Waals surface area contributed by atoms with Crippen molar-refractivity contribution in [3.63, 3.8) is 0 Å².